The summed E-state index contributed by atoms with van der Waals surface area (Å²) < 4.78 is 31.0. The monoisotopic (exact) mass is 370 g/mol. The Morgan fingerprint density at radius 1 is 1.36 bits per heavy atom. The van der Waals surface area contributed by atoms with Gasteiger partial charge >= 0.3 is 0 Å². The number of carbonyl (C=O) groups is 1. The average molecular weight is 370 g/mol. The number of benzene rings is 1. The fraction of sp³-hybridized carbons (Fsp3) is 0.588. The van der Waals surface area contributed by atoms with Gasteiger partial charge in [0.25, 0.3) is 5.91 Å². The molecule has 0 spiro atoms. The topological polar surface area (TPSA) is 95.9 Å². The molecule has 2 N–H and O–H groups in total. The van der Waals surface area contributed by atoms with Gasteiger partial charge in [0, 0.05) is 26.2 Å². The molecule has 1 aromatic carbocycles. The molecule has 1 aromatic rings. The van der Waals surface area contributed by atoms with Gasteiger partial charge in [-0.25, -0.2) is 12.7 Å². The van der Waals surface area contributed by atoms with Gasteiger partial charge in [-0.15, -0.1) is 0 Å². The van der Waals surface area contributed by atoms with Crippen LogP contribution in [0.25, 0.3) is 0 Å². The van der Waals surface area contributed by atoms with E-state index in [4.69, 9.17) is 4.74 Å². The van der Waals surface area contributed by atoms with E-state index < -0.39 is 10.0 Å². The van der Waals surface area contributed by atoms with E-state index >= 15 is 0 Å². The fourth-order valence-corrected chi connectivity index (χ4v) is 4.08. The first-order valence-electron chi connectivity index (χ1n) is 8.32. The highest BCUT2D eigenvalue weighted by Gasteiger charge is 2.25. The highest BCUT2D eigenvalue weighted by atomic mass is 32.2. The van der Waals surface area contributed by atoms with Gasteiger partial charge in [0.1, 0.15) is 10.6 Å². The molecule has 25 heavy (non-hydrogen) atoms. The van der Waals surface area contributed by atoms with Crippen molar-refractivity contribution in [2.45, 2.75) is 36.7 Å². The van der Waals surface area contributed by atoms with Crippen LogP contribution in [0.1, 0.15) is 36.0 Å². The van der Waals surface area contributed by atoms with Crippen LogP contribution in [-0.4, -0.2) is 57.6 Å². The SMILES string of the molecule is COc1ccc(C(=O)NC[C@@H]2CCC[C@H](O)C2)cc1S(=O)(=O)N(C)C. The van der Waals surface area contributed by atoms with Crippen molar-refractivity contribution >= 4 is 15.9 Å². The van der Waals surface area contributed by atoms with Crippen LogP contribution in [0.15, 0.2) is 23.1 Å². The maximum Gasteiger partial charge on any atom is 0.251 e. The number of sulfonamides is 1. The van der Waals surface area contributed by atoms with Crippen molar-refractivity contribution in [3.05, 3.63) is 23.8 Å². The molecule has 7 nitrogen and oxygen atoms in total. The lowest BCUT2D eigenvalue weighted by atomic mass is 9.87. The van der Waals surface area contributed by atoms with Gasteiger partial charge in [-0.2, -0.15) is 0 Å². The molecule has 0 aromatic heterocycles. The third kappa shape index (κ3) is 4.71. The smallest absolute Gasteiger partial charge is 0.251 e. The molecule has 2 rings (SSSR count). The minimum absolute atomic E-state index is 0.0410. The molecule has 0 heterocycles. The maximum atomic E-state index is 12.4. The van der Waals surface area contributed by atoms with E-state index in [1.807, 2.05) is 0 Å². The van der Waals surface area contributed by atoms with Gasteiger partial charge in [0.2, 0.25) is 10.0 Å². The second-order valence-corrected chi connectivity index (χ2v) is 8.67. The summed E-state index contributed by atoms with van der Waals surface area (Å²) in [6.45, 7) is 0.470. The molecule has 1 aliphatic carbocycles. The molecule has 0 saturated heterocycles. The van der Waals surface area contributed by atoms with Crippen LogP contribution >= 0.6 is 0 Å². The zero-order chi connectivity index (χ0) is 18.6. The highest BCUT2D eigenvalue weighted by Crippen LogP contribution is 2.27. The molecular weight excluding hydrogens is 344 g/mol. The lowest BCUT2D eigenvalue weighted by Crippen LogP contribution is -2.33. The van der Waals surface area contributed by atoms with Gasteiger partial charge < -0.3 is 15.2 Å². The largest absolute Gasteiger partial charge is 0.495 e. The lowest BCUT2D eigenvalue weighted by molar-refractivity contribution is 0.0873. The third-order valence-electron chi connectivity index (χ3n) is 4.49. The van der Waals surface area contributed by atoms with Crippen molar-refractivity contribution in [2.24, 2.45) is 5.92 Å². The van der Waals surface area contributed by atoms with Crippen molar-refractivity contribution in [3.8, 4) is 5.75 Å². The number of aliphatic hydroxyl groups is 1. The number of nitrogens with zero attached hydrogens (tertiary/aromatic N) is 1. The number of amides is 1. The molecule has 140 valence electrons. The molecule has 1 fully saturated rings. The zero-order valence-corrected chi connectivity index (χ0v) is 15.7. The molecule has 0 radical (unpaired) electrons. The molecule has 2 atom stereocenters. The zero-order valence-electron chi connectivity index (χ0n) is 14.9. The normalized spacial score (nSPS) is 21.2. The quantitative estimate of drug-likeness (QED) is 0.785. The summed E-state index contributed by atoms with van der Waals surface area (Å²) >= 11 is 0. The van der Waals surface area contributed by atoms with E-state index in [0.717, 1.165) is 23.6 Å². The summed E-state index contributed by atoms with van der Waals surface area (Å²) in [4.78, 5) is 12.4. The number of carbonyl (C=O) groups excluding carboxylic acids is 1. The molecule has 1 saturated carbocycles. The molecular formula is C17H26N2O5S. The van der Waals surface area contributed by atoms with Gasteiger partial charge in [-0.05, 0) is 43.4 Å². The Bertz CT molecular complexity index is 718. The van der Waals surface area contributed by atoms with E-state index in [0.29, 0.717) is 13.0 Å². The van der Waals surface area contributed by atoms with Crippen molar-refractivity contribution in [2.75, 3.05) is 27.7 Å². The number of hydrogen-bond donors (Lipinski definition) is 2. The van der Waals surface area contributed by atoms with Crippen LogP contribution in [0.3, 0.4) is 0 Å². The lowest BCUT2D eigenvalue weighted by Gasteiger charge is -2.26. The summed E-state index contributed by atoms with van der Waals surface area (Å²) in [6.07, 6.45) is 3.13. The van der Waals surface area contributed by atoms with E-state index in [1.54, 1.807) is 6.07 Å². The Morgan fingerprint density at radius 2 is 2.08 bits per heavy atom. The summed E-state index contributed by atoms with van der Waals surface area (Å²) in [7, 11) is 0.517. The fourth-order valence-electron chi connectivity index (χ4n) is 3.00. The number of rotatable bonds is 6. The molecule has 1 aliphatic rings. The van der Waals surface area contributed by atoms with Gasteiger partial charge in [0.15, 0.2) is 0 Å². The minimum atomic E-state index is -3.72. The standard InChI is InChI=1S/C17H26N2O5S/c1-19(2)25(22,23)16-10-13(7-8-15(16)24-3)17(21)18-11-12-5-4-6-14(20)9-12/h7-8,10,12,14,20H,4-6,9,11H2,1-3H3,(H,18,21)/t12-,14+/m1/s1. The van der Waals surface area contributed by atoms with Crippen molar-refractivity contribution < 1.29 is 23.1 Å². The molecule has 1 amide bonds. The summed E-state index contributed by atoms with van der Waals surface area (Å²) in [6, 6.07) is 4.35. The number of methoxy groups -OCH3 is 1. The van der Waals surface area contributed by atoms with E-state index in [-0.39, 0.29) is 34.1 Å². The number of aliphatic hydroxyl groups excluding tert-OH is 1. The number of nitrogens with one attached hydrogen (secondary N) is 1. The Hall–Kier alpha value is -1.64. The first-order chi connectivity index (χ1) is 11.8. The molecule has 0 bridgehead atoms. The highest BCUT2D eigenvalue weighted by molar-refractivity contribution is 7.89. The first kappa shape index (κ1) is 19.7. The van der Waals surface area contributed by atoms with Gasteiger partial charge in [-0.1, -0.05) is 6.42 Å². The number of hydrogen-bond acceptors (Lipinski definition) is 5. The third-order valence-corrected chi connectivity index (χ3v) is 6.33. The Morgan fingerprint density at radius 3 is 2.68 bits per heavy atom. The average Bonchev–Trinajstić information content (AvgIpc) is 2.59. The maximum absolute atomic E-state index is 12.4. The predicted octanol–water partition coefficient (Wildman–Crippen LogP) is 1.23. The van der Waals surface area contributed by atoms with Crippen LogP contribution in [0, 0.1) is 5.92 Å². The summed E-state index contributed by atoms with van der Waals surface area (Å²) in [5, 5.41) is 12.5. The van der Waals surface area contributed by atoms with Crippen LogP contribution in [0.5, 0.6) is 5.75 Å². The van der Waals surface area contributed by atoms with Crippen LogP contribution in [0.2, 0.25) is 0 Å². The van der Waals surface area contributed by atoms with Crippen molar-refractivity contribution in [1.82, 2.24) is 9.62 Å². The van der Waals surface area contributed by atoms with Crippen LogP contribution in [-0.2, 0) is 10.0 Å². The predicted molar refractivity (Wildman–Crippen MR) is 94.2 cm³/mol. The summed E-state index contributed by atoms with van der Waals surface area (Å²) in [5.41, 5.74) is 0.262. The van der Waals surface area contributed by atoms with Gasteiger partial charge in [-0.3, -0.25) is 4.79 Å². The Balaban J connectivity index is 2.15. The summed E-state index contributed by atoms with van der Waals surface area (Å²) in [5.74, 6) is 0.106. The number of ether oxygens (including phenoxy) is 1. The van der Waals surface area contributed by atoms with E-state index in [2.05, 4.69) is 5.32 Å². The Labute approximate surface area is 149 Å². The Kier molecular flexibility index (Phi) is 6.42. The molecule has 0 unspecified atom stereocenters. The second-order valence-electron chi connectivity index (χ2n) is 6.55. The second kappa shape index (κ2) is 8.16. The molecule has 0 aliphatic heterocycles. The minimum Gasteiger partial charge on any atom is -0.495 e. The van der Waals surface area contributed by atoms with Gasteiger partial charge in [0.05, 0.1) is 13.2 Å². The molecule has 8 heteroatoms. The van der Waals surface area contributed by atoms with Crippen molar-refractivity contribution in [3.63, 3.8) is 0 Å². The first-order valence-corrected chi connectivity index (χ1v) is 9.76. The van der Waals surface area contributed by atoms with Crippen LogP contribution in [0.4, 0.5) is 0 Å². The van der Waals surface area contributed by atoms with E-state index in [1.165, 1.54) is 33.3 Å². The van der Waals surface area contributed by atoms with Crippen LogP contribution < -0.4 is 10.1 Å². The van der Waals surface area contributed by atoms with Crippen molar-refractivity contribution in [1.29, 1.82) is 0 Å². The van der Waals surface area contributed by atoms with E-state index in [9.17, 15) is 18.3 Å².